The lowest BCUT2D eigenvalue weighted by molar-refractivity contribution is -0.121. The number of carbonyl (C=O) groups excluding carboxylic acids is 1. The van der Waals surface area contributed by atoms with E-state index in [0.717, 1.165) is 45.2 Å². The van der Waals surface area contributed by atoms with E-state index in [4.69, 9.17) is 5.73 Å². The lowest BCUT2D eigenvalue weighted by atomic mass is 9.75. The highest BCUT2D eigenvalue weighted by molar-refractivity contribution is 5.76. The van der Waals surface area contributed by atoms with Gasteiger partial charge in [-0.3, -0.25) is 4.79 Å². The first-order valence-corrected chi connectivity index (χ1v) is 12.5. The molecule has 0 aliphatic carbocycles. The fourth-order valence-corrected chi connectivity index (χ4v) is 3.75. The Labute approximate surface area is 194 Å². The Balaban J connectivity index is 0.00000436. The SMILES string of the molecule is CC.CC(C)Cc1cc(C(C)(C)C)cc(C(C)(C)C)c1CCC(=O)NCCCCCN. The van der Waals surface area contributed by atoms with Gasteiger partial charge in [0.25, 0.3) is 0 Å². The van der Waals surface area contributed by atoms with Crippen LogP contribution in [0, 0.1) is 5.92 Å². The molecule has 1 rings (SSSR count). The van der Waals surface area contributed by atoms with Gasteiger partial charge in [0.05, 0.1) is 0 Å². The Kier molecular flexibility index (Phi) is 13.3. The van der Waals surface area contributed by atoms with E-state index in [0.29, 0.717) is 12.3 Å². The average Bonchev–Trinajstić information content (AvgIpc) is 2.66. The van der Waals surface area contributed by atoms with Crippen LogP contribution in [0.4, 0.5) is 0 Å². The van der Waals surface area contributed by atoms with E-state index in [-0.39, 0.29) is 16.7 Å². The van der Waals surface area contributed by atoms with Crippen LogP contribution in [-0.2, 0) is 28.5 Å². The minimum absolute atomic E-state index is 0.0566. The monoisotopic (exact) mass is 432 g/mol. The highest BCUT2D eigenvalue weighted by atomic mass is 16.1. The first kappa shape index (κ1) is 29.7. The molecule has 3 nitrogen and oxygen atoms in total. The molecule has 0 aromatic heterocycles. The number of hydrogen-bond acceptors (Lipinski definition) is 2. The summed E-state index contributed by atoms with van der Waals surface area (Å²) in [4.78, 5) is 12.4. The van der Waals surface area contributed by atoms with Crippen LogP contribution in [0.3, 0.4) is 0 Å². The summed E-state index contributed by atoms with van der Waals surface area (Å²) in [6.07, 6.45) is 5.55. The highest BCUT2D eigenvalue weighted by Gasteiger charge is 2.25. The van der Waals surface area contributed by atoms with Crippen molar-refractivity contribution >= 4 is 5.91 Å². The minimum Gasteiger partial charge on any atom is -0.356 e. The lowest BCUT2D eigenvalue weighted by Crippen LogP contribution is -2.26. The zero-order valence-corrected chi connectivity index (χ0v) is 22.4. The molecular weight excluding hydrogens is 380 g/mol. The van der Waals surface area contributed by atoms with Gasteiger partial charge in [0.1, 0.15) is 0 Å². The van der Waals surface area contributed by atoms with Crippen LogP contribution in [0.5, 0.6) is 0 Å². The van der Waals surface area contributed by atoms with E-state index in [9.17, 15) is 4.79 Å². The number of amides is 1. The normalized spacial score (nSPS) is 11.9. The minimum atomic E-state index is 0.0566. The van der Waals surface area contributed by atoms with Crippen LogP contribution in [0.25, 0.3) is 0 Å². The second-order valence-corrected chi connectivity index (χ2v) is 11.0. The fraction of sp³-hybridized carbons (Fsp3) is 0.750. The van der Waals surface area contributed by atoms with Gasteiger partial charge in [-0.1, -0.05) is 87.8 Å². The molecule has 180 valence electrons. The van der Waals surface area contributed by atoms with Crippen LogP contribution in [0.15, 0.2) is 12.1 Å². The molecule has 0 radical (unpaired) electrons. The Bertz CT molecular complexity index is 648. The molecule has 0 aliphatic rings. The molecule has 0 saturated carbocycles. The summed E-state index contributed by atoms with van der Waals surface area (Å²) in [5.74, 6) is 0.751. The van der Waals surface area contributed by atoms with Gasteiger partial charge in [0.15, 0.2) is 0 Å². The van der Waals surface area contributed by atoms with Gasteiger partial charge >= 0.3 is 0 Å². The third-order valence-electron chi connectivity index (χ3n) is 5.45. The van der Waals surface area contributed by atoms with E-state index < -0.39 is 0 Å². The summed E-state index contributed by atoms with van der Waals surface area (Å²) < 4.78 is 0. The van der Waals surface area contributed by atoms with Gasteiger partial charge in [0, 0.05) is 13.0 Å². The summed E-state index contributed by atoms with van der Waals surface area (Å²) in [5.41, 5.74) is 11.3. The summed E-state index contributed by atoms with van der Waals surface area (Å²) in [6, 6.07) is 4.79. The maximum absolute atomic E-state index is 12.4. The van der Waals surface area contributed by atoms with Crippen LogP contribution >= 0.6 is 0 Å². The molecule has 31 heavy (non-hydrogen) atoms. The van der Waals surface area contributed by atoms with Gasteiger partial charge in [0.2, 0.25) is 5.91 Å². The zero-order valence-electron chi connectivity index (χ0n) is 22.4. The molecule has 0 bridgehead atoms. The summed E-state index contributed by atoms with van der Waals surface area (Å²) >= 11 is 0. The molecule has 0 heterocycles. The summed E-state index contributed by atoms with van der Waals surface area (Å²) in [5, 5.41) is 3.09. The Morgan fingerprint density at radius 3 is 2.06 bits per heavy atom. The summed E-state index contributed by atoms with van der Waals surface area (Å²) in [6.45, 7) is 23.7. The topological polar surface area (TPSA) is 55.1 Å². The van der Waals surface area contributed by atoms with Gasteiger partial charge < -0.3 is 11.1 Å². The second kappa shape index (κ2) is 13.9. The number of benzene rings is 1. The molecule has 0 aliphatic heterocycles. The van der Waals surface area contributed by atoms with Crippen molar-refractivity contribution in [3.63, 3.8) is 0 Å². The predicted molar refractivity (Wildman–Crippen MR) is 138 cm³/mol. The van der Waals surface area contributed by atoms with Gasteiger partial charge in [-0.2, -0.15) is 0 Å². The van der Waals surface area contributed by atoms with Crippen LogP contribution in [0.1, 0.15) is 117 Å². The van der Waals surface area contributed by atoms with E-state index >= 15 is 0 Å². The number of carbonyl (C=O) groups is 1. The maximum atomic E-state index is 12.4. The maximum Gasteiger partial charge on any atom is 0.220 e. The molecule has 3 heteroatoms. The van der Waals surface area contributed by atoms with E-state index in [1.807, 2.05) is 13.8 Å². The van der Waals surface area contributed by atoms with Crippen molar-refractivity contribution in [2.75, 3.05) is 13.1 Å². The van der Waals surface area contributed by atoms with Gasteiger partial charge in [-0.25, -0.2) is 0 Å². The van der Waals surface area contributed by atoms with Crippen molar-refractivity contribution in [3.05, 3.63) is 34.4 Å². The third kappa shape index (κ3) is 11.2. The van der Waals surface area contributed by atoms with E-state index in [1.165, 1.54) is 22.3 Å². The molecule has 3 N–H and O–H groups in total. The third-order valence-corrected chi connectivity index (χ3v) is 5.45. The van der Waals surface area contributed by atoms with Crippen LogP contribution < -0.4 is 11.1 Å². The molecule has 0 saturated heterocycles. The van der Waals surface area contributed by atoms with Crippen molar-refractivity contribution in [2.24, 2.45) is 11.7 Å². The molecule has 1 aromatic carbocycles. The van der Waals surface area contributed by atoms with Crippen molar-refractivity contribution in [2.45, 2.75) is 119 Å². The molecule has 0 spiro atoms. The smallest absolute Gasteiger partial charge is 0.220 e. The number of hydrogen-bond donors (Lipinski definition) is 2. The molecular formula is C28H52N2O. The number of nitrogens with two attached hydrogens (primary N) is 1. The number of nitrogens with one attached hydrogen (secondary N) is 1. The van der Waals surface area contributed by atoms with Gasteiger partial charge in [-0.05, 0) is 71.2 Å². The predicted octanol–water partition coefficient (Wildman–Crippen LogP) is 6.68. The quantitative estimate of drug-likeness (QED) is 0.405. The molecule has 0 unspecified atom stereocenters. The highest BCUT2D eigenvalue weighted by Crippen LogP contribution is 2.35. The molecule has 1 aromatic rings. The van der Waals surface area contributed by atoms with Crippen molar-refractivity contribution in [1.29, 1.82) is 0 Å². The van der Waals surface area contributed by atoms with E-state index in [1.54, 1.807) is 0 Å². The van der Waals surface area contributed by atoms with Crippen LogP contribution in [0.2, 0.25) is 0 Å². The lowest BCUT2D eigenvalue weighted by Gasteiger charge is -2.30. The fourth-order valence-electron chi connectivity index (χ4n) is 3.75. The van der Waals surface area contributed by atoms with Crippen molar-refractivity contribution in [1.82, 2.24) is 5.32 Å². The summed E-state index contributed by atoms with van der Waals surface area (Å²) in [7, 11) is 0. The van der Waals surface area contributed by atoms with Crippen molar-refractivity contribution < 1.29 is 4.79 Å². The molecule has 1 amide bonds. The Morgan fingerprint density at radius 2 is 1.58 bits per heavy atom. The standard InChI is InChI=1S/C26H46N2O.C2H6/c1-19(2)16-20-17-21(25(3,4)5)18-23(26(6,7)8)22(20)12-13-24(29)28-15-11-9-10-14-27;1-2/h17-19H,9-16,27H2,1-8H3,(H,28,29);1-2H3. The molecule has 0 fully saturated rings. The van der Waals surface area contributed by atoms with E-state index in [2.05, 4.69) is 72.8 Å². The first-order chi connectivity index (χ1) is 14.4. The van der Waals surface area contributed by atoms with Crippen LogP contribution in [-0.4, -0.2) is 19.0 Å². The average molecular weight is 433 g/mol. The molecule has 0 atom stereocenters. The number of unbranched alkanes of at least 4 members (excludes halogenated alkanes) is 2. The Hall–Kier alpha value is -1.35. The Morgan fingerprint density at radius 1 is 0.968 bits per heavy atom. The number of rotatable bonds is 10. The van der Waals surface area contributed by atoms with Gasteiger partial charge in [-0.15, -0.1) is 0 Å². The first-order valence-electron chi connectivity index (χ1n) is 12.5. The largest absolute Gasteiger partial charge is 0.356 e. The zero-order chi connectivity index (χ0) is 24.2. The van der Waals surface area contributed by atoms with Crippen molar-refractivity contribution in [3.8, 4) is 0 Å². The second-order valence-electron chi connectivity index (χ2n) is 11.0.